The molecule has 4 heteroatoms. The Hall–Kier alpha value is -1.26. The summed E-state index contributed by atoms with van der Waals surface area (Å²) in [6.07, 6.45) is 1.31. The van der Waals surface area contributed by atoms with Gasteiger partial charge in [-0.05, 0) is 54.7 Å². The average Bonchev–Trinajstić information content (AvgIpc) is 2.61. The Balaban J connectivity index is 1.48. The zero-order chi connectivity index (χ0) is 16.0. The molecule has 0 N–H and O–H groups in total. The number of thioether (sulfide) groups is 2. The summed E-state index contributed by atoms with van der Waals surface area (Å²) in [5.41, 5.74) is 1.38. The number of para-hydroxylation sites is 1. The first kappa shape index (κ1) is 16.6. The van der Waals surface area contributed by atoms with E-state index in [4.69, 9.17) is 9.47 Å². The molecular formula is C19H22O2S2. The van der Waals surface area contributed by atoms with Gasteiger partial charge < -0.3 is 9.47 Å². The van der Waals surface area contributed by atoms with Crippen molar-refractivity contribution in [3.8, 4) is 11.5 Å². The SMILES string of the molecule is CC1(c2ccc(OCCOc3ccccc3)cc2)SCCCS1. The zero-order valence-electron chi connectivity index (χ0n) is 13.4. The van der Waals surface area contributed by atoms with E-state index >= 15 is 0 Å². The first-order chi connectivity index (χ1) is 11.3. The molecule has 3 rings (SSSR count). The number of benzene rings is 2. The first-order valence-electron chi connectivity index (χ1n) is 7.95. The highest BCUT2D eigenvalue weighted by atomic mass is 32.2. The Kier molecular flexibility index (Phi) is 5.79. The van der Waals surface area contributed by atoms with E-state index in [1.54, 1.807) is 0 Å². The van der Waals surface area contributed by atoms with E-state index in [1.165, 1.54) is 23.5 Å². The molecule has 0 spiro atoms. The van der Waals surface area contributed by atoms with Gasteiger partial charge in [0.15, 0.2) is 0 Å². The van der Waals surface area contributed by atoms with Crippen molar-refractivity contribution in [3.05, 3.63) is 60.2 Å². The fraction of sp³-hybridized carbons (Fsp3) is 0.368. The van der Waals surface area contributed by atoms with E-state index in [0.29, 0.717) is 13.2 Å². The summed E-state index contributed by atoms with van der Waals surface area (Å²) < 4.78 is 11.6. The molecule has 0 radical (unpaired) electrons. The van der Waals surface area contributed by atoms with Crippen LogP contribution in [-0.4, -0.2) is 24.7 Å². The van der Waals surface area contributed by atoms with Crippen LogP contribution in [0.1, 0.15) is 18.9 Å². The minimum Gasteiger partial charge on any atom is -0.490 e. The lowest BCUT2D eigenvalue weighted by molar-refractivity contribution is 0.217. The molecule has 0 bridgehead atoms. The minimum atomic E-state index is 0.188. The van der Waals surface area contributed by atoms with Crippen LogP contribution in [0.2, 0.25) is 0 Å². The molecule has 1 aliphatic rings. The van der Waals surface area contributed by atoms with E-state index in [2.05, 4.69) is 31.2 Å². The standard InChI is InChI=1S/C19H22O2S2/c1-19(22-14-5-15-23-19)16-8-10-18(11-9-16)21-13-12-20-17-6-3-2-4-7-17/h2-4,6-11H,5,12-15H2,1H3. The van der Waals surface area contributed by atoms with Gasteiger partial charge in [0.25, 0.3) is 0 Å². The van der Waals surface area contributed by atoms with Gasteiger partial charge in [-0.25, -0.2) is 0 Å². The molecule has 2 aromatic carbocycles. The molecule has 0 atom stereocenters. The van der Waals surface area contributed by atoms with Gasteiger partial charge in [-0.15, -0.1) is 23.5 Å². The normalized spacial score (nSPS) is 16.7. The lowest BCUT2D eigenvalue weighted by Crippen LogP contribution is -2.18. The van der Waals surface area contributed by atoms with Crippen LogP contribution in [0.25, 0.3) is 0 Å². The van der Waals surface area contributed by atoms with Crippen LogP contribution in [0.4, 0.5) is 0 Å². The molecule has 2 aromatic rings. The molecule has 2 nitrogen and oxygen atoms in total. The molecule has 0 unspecified atom stereocenters. The van der Waals surface area contributed by atoms with Gasteiger partial charge in [0.1, 0.15) is 24.7 Å². The highest BCUT2D eigenvalue weighted by Crippen LogP contribution is 2.49. The predicted molar refractivity (Wildman–Crippen MR) is 101 cm³/mol. The molecule has 1 aliphatic heterocycles. The van der Waals surface area contributed by atoms with E-state index in [1.807, 2.05) is 53.9 Å². The number of hydrogen-bond donors (Lipinski definition) is 0. The van der Waals surface area contributed by atoms with E-state index in [0.717, 1.165) is 11.5 Å². The van der Waals surface area contributed by atoms with Crippen molar-refractivity contribution in [3.63, 3.8) is 0 Å². The molecule has 0 aromatic heterocycles. The van der Waals surface area contributed by atoms with Gasteiger partial charge in [0.2, 0.25) is 0 Å². The van der Waals surface area contributed by atoms with E-state index in [-0.39, 0.29) is 4.08 Å². The Bertz CT molecular complexity index is 593. The van der Waals surface area contributed by atoms with Crippen LogP contribution < -0.4 is 9.47 Å². The van der Waals surface area contributed by atoms with Crippen molar-refractivity contribution in [2.75, 3.05) is 24.7 Å². The van der Waals surface area contributed by atoms with Crippen molar-refractivity contribution < 1.29 is 9.47 Å². The van der Waals surface area contributed by atoms with E-state index < -0.39 is 0 Å². The third-order valence-electron chi connectivity index (χ3n) is 3.79. The van der Waals surface area contributed by atoms with Crippen molar-refractivity contribution >= 4 is 23.5 Å². The Labute approximate surface area is 147 Å². The zero-order valence-corrected chi connectivity index (χ0v) is 15.0. The molecule has 0 aliphatic carbocycles. The fourth-order valence-corrected chi connectivity index (χ4v) is 5.47. The molecular weight excluding hydrogens is 324 g/mol. The molecule has 1 fully saturated rings. The topological polar surface area (TPSA) is 18.5 Å². The second kappa shape index (κ2) is 8.02. The summed E-state index contributed by atoms with van der Waals surface area (Å²) in [7, 11) is 0. The van der Waals surface area contributed by atoms with Crippen molar-refractivity contribution in [2.24, 2.45) is 0 Å². The Morgan fingerprint density at radius 1 is 0.826 bits per heavy atom. The highest BCUT2D eigenvalue weighted by molar-refractivity contribution is 8.18. The second-order valence-corrected chi connectivity index (χ2v) is 8.82. The highest BCUT2D eigenvalue weighted by Gasteiger charge is 2.30. The molecule has 0 amide bonds. The summed E-state index contributed by atoms with van der Waals surface area (Å²) in [4.78, 5) is 0. The van der Waals surface area contributed by atoms with Crippen molar-refractivity contribution in [2.45, 2.75) is 17.4 Å². The number of rotatable bonds is 6. The van der Waals surface area contributed by atoms with Crippen LogP contribution in [0.5, 0.6) is 11.5 Å². The minimum absolute atomic E-state index is 0.188. The maximum atomic E-state index is 5.76. The number of hydrogen-bond acceptors (Lipinski definition) is 4. The average molecular weight is 347 g/mol. The van der Waals surface area contributed by atoms with Gasteiger partial charge in [0.05, 0.1) is 4.08 Å². The maximum absolute atomic E-state index is 5.76. The summed E-state index contributed by atoms with van der Waals surface area (Å²) >= 11 is 4.09. The van der Waals surface area contributed by atoms with Crippen LogP contribution in [0, 0.1) is 0 Å². The summed E-state index contributed by atoms with van der Waals surface area (Å²) in [6, 6.07) is 18.3. The quantitative estimate of drug-likeness (QED) is 0.670. The first-order valence-corrected chi connectivity index (χ1v) is 9.92. The van der Waals surface area contributed by atoms with Gasteiger partial charge in [-0.1, -0.05) is 30.3 Å². The van der Waals surface area contributed by atoms with Gasteiger partial charge in [0, 0.05) is 0 Å². The summed E-state index contributed by atoms with van der Waals surface area (Å²) in [6.45, 7) is 3.43. The van der Waals surface area contributed by atoms with Crippen LogP contribution >= 0.6 is 23.5 Å². The van der Waals surface area contributed by atoms with Crippen molar-refractivity contribution in [1.29, 1.82) is 0 Å². The Morgan fingerprint density at radius 3 is 2.00 bits per heavy atom. The lowest BCUT2D eigenvalue weighted by Gasteiger charge is -2.32. The van der Waals surface area contributed by atoms with Crippen LogP contribution in [0.3, 0.4) is 0 Å². The largest absolute Gasteiger partial charge is 0.490 e. The fourth-order valence-electron chi connectivity index (χ4n) is 2.49. The monoisotopic (exact) mass is 346 g/mol. The van der Waals surface area contributed by atoms with Gasteiger partial charge in [-0.2, -0.15) is 0 Å². The molecule has 1 heterocycles. The van der Waals surface area contributed by atoms with Crippen molar-refractivity contribution in [1.82, 2.24) is 0 Å². The predicted octanol–water partition coefficient (Wildman–Crippen LogP) is 5.19. The maximum Gasteiger partial charge on any atom is 0.122 e. The van der Waals surface area contributed by atoms with Crippen LogP contribution in [-0.2, 0) is 4.08 Å². The van der Waals surface area contributed by atoms with Gasteiger partial charge >= 0.3 is 0 Å². The third-order valence-corrected chi connectivity index (χ3v) is 7.05. The molecule has 1 saturated heterocycles. The van der Waals surface area contributed by atoms with Gasteiger partial charge in [-0.3, -0.25) is 0 Å². The molecule has 23 heavy (non-hydrogen) atoms. The summed E-state index contributed by atoms with van der Waals surface area (Å²) in [5, 5.41) is 0. The smallest absolute Gasteiger partial charge is 0.122 e. The molecule has 0 saturated carbocycles. The second-order valence-electron chi connectivity index (χ2n) is 5.53. The lowest BCUT2D eigenvalue weighted by atomic mass is 10.1. The van der Waals surface area contributed by atoms with Crippen LogP contribution in [0.15, 0.2) is 54.6 Å². The van der Waals surface area contributed by atoms with E-state index in [9.17, 15) is 0 Å². The Morgan fingerprint density at radius 2 is 1.39 bits per heavy atom. The molecule has 122 valence electrons. The number of ether oxygens (including phenoxy) is 2. The third kappa shape index (κ3) is 4.61. The summed E-state index contributed by atoms with van der Waals surface area (Å²) in [5.74, 6) is 4.28.